The Morgan fingerprint density at radius 2 is 1.90 bits per heavy atom. The van der Waals surface area contributed by atoms with Crippen molar-refractivity contribution in [3.05, 3.63) is 52.9 Å². The molecule has 108 valence electrons. The minimum atomic E-state index is -1.00. The molecule has 1 aromatic heterocycles. The van der Waals surface area contributed by atoms with E-state index < -0.39 is 11.8 Å². The van der Waals surface area contributed by atoms with Gasteiger partial charge in [0.1, 0.15) is 5.76 Å². The smallest absolute Gasteiger partial charge is 0.378 e. The van der Waals surface area contributed by atoms with Crippen LogP contribution in [0.25, 0.3) is 16.2 Å². The van der Waals surface area contributed by atoms with E-state index >= 15 is 0 Å². The standard InChI is InChI=1S/C16H14O4S/c1-10-12(13(17)9-14(18)16(19)20-2)8-15(21-10)11-6-4-3-5-7-11/h3-9,17H,1-2H3. The molecule has 0 radical (unpaired) electrons. The molecule has 2 aromatic rings. The highest BCUT2D eigenvalue weighted by Crippen LogP contribution is 2.33. The molecular weight excluding hydrogens is 288 g/mol. The highest BCUT2D eigenvalue weighted by atomic mass is 32.1. The number of carbonyl (C=O) groups excluding carboxylic acids is 2. The van der Waals surface area contributed by atoms with Crippen molar-refractivity contribution in [3.8, 4) is 10.4 Å². The third-order valence-corrected chi connectivity index (χ3v) is 4.01. The van der Waals surface area contributed by atoms with Crippen LogP contribution in [0.15, 0.2) is 42.5 Å². The number of benzene rings is 1. The maximum Gasteiger partial charge on any atom is 0.378 e. The Hall–Kier alpha value is -2.40. The monoisotopic (exact) mass is 302 g/mol. The van der Waals surface area contributed by atoms with Gasteiger partial charge in [-0.2, -0.15) is 0 Å². The SMILES string of the molecule is COC(=O)C(=O)C=C(O)c1cc(-c2ccccc2)sc1C. The lowest BCUT2D eigenvalue weighted by atomic mass is 10.1. The normalized spacial score (nSPS) is 11.2. The molecular formula is C16H14O4S. The van der Waals surface area contributed by atoms with Crippen LogP contribution in [-0.4, -0.2) is 24.0 Å². The van der Waals surface area contributed by atoms with Crippen LogP contribution in [0.2, 0.25) is 0 Å². The lowest BCUT2D eigenvalue weighted by molar-refractivity contribution is -0.149. The molecule has 0 aliphatic rings. The molecule has 0 saturated carbocycles. The van der Waals surface area contributed by atoms with Gasteiger partial charge in [0.2, 0.25) is 0 Å². The Morgan fingerprint density at radius 1 is 1.24 bits per heavy atom. The first-order chi connectivity index (χ1) is 10.0. The molecule has 0 spiro atoms. The van der Waals surface area contributed by atoms with Gasteiger partial charge in [0.05, 0.1) is 7.11 Å². The zero-order valence-electron chi connectivity index (χ0n) is 11.6. The van der Waals surface area contributed by atoms with Crippen LogP contribution < -0.4 is 0 Å². The van der Waals surface area contributed by atoms with Crippen molar-refractivity contribution in [2.45, 2.75) is 6.92 Å². The van der Waals surface area contributed by atoms with Crippen molar-refractivity contribution in [1.29, 1.82) is 0 Å². The average Bonchev–Trinajstić information content (AvgIpc) is 2.89. The van der Waals surface area contributed by atoms with E-state index in [4.69, 9.17) is 0 Å². The number of hydrogen-bond donors (Lipinski definition) is 1. The first-order valence-electron chi connectivity index (χ1n) is 6.22. The van der Waals surface area contributed by atoms with Gasteiger partial charge in [-0.3, -0.25) is 4.79 Å². The van der Waals surface area contributed by atoms with Gasteiger partial charge in [-0.25, -0.2) is 4.79 Å². The molecule has 0 aliphatic carbocycles. The molecule has 0 amide bonds. The van der Waals surface area contributed by atoms with Crippen molar-refractivity contribution in [3.63, 3.8) is 0 Å². The number of thiophene rings is 1. The molecule has 0 fully saturated rings. The highest BCUT2D eigenvalue weighted by Gasteiger charge is 2.16. The van der Waals surface area contributed by atoms with Gasteiger partial charge in [0.15, 0.2) is 0 Å². The summed E-state index contributed by atoms with van der Waals surface area (Å²) in [5.41, 5.74) is 1.57. The largest absolute Gasteiger partial charge is 0.507 e. The van der Waals surface area contributed by atoms with E-state index in [9.17, 15) is 14.7 Å². The van der Waals surface area contributed by atoms with E-state index in [0.717, 1.165) is 28.5 Å². The van der Waals surface area contributed by atoms with E-state index in [1.807, 2.05) is 37.3 Å². The number of ketones is 1. The number of carbonyl (C=O) groups is 2. The minimum absolute atomic E-state index is 0.235. The fourth-order valence-corrected chi connectivity index (χ4v) is 2.88. The minimum Gasteiger partial charge on any atom is -0.507 e. The fraction of sp³-hybridized carbons (Fsp3) is 0.125. The van der Waals surface area contributed by atoms with Gasteiger partial charge < -0.3 is 9.84 Å². The Kier molecular flexibility index (Phi) is 4.55. The Labute approximate surface area is 126 Å². The van der Waals surface area contributed by atoms with Gasteiger partial charge in [-0.1, -0.05) is 30.3 Å². The maximum atomic E-state index is 11.4. The molecule has 1 aromatic carbocycles. The summed E-state index contributed by atoms with van der Waals surface area (Å²) in [4.78, 5) is 24.3. The summed E-state index contributed by atoms with van der Waals surface area (Å²) in [6.07, 6.45) is 0.885. The predicted molar refractivity (Wildman–Crippen MR) is 82.1 cm³/mol. The fourth-order valence-electron chi connectivity index (χ4n) is 1.84. The summed E-state index contributed by atoms with van der Waals surface area (Å²) < 4.78 is 4.31. The van der Waals surface area contributed by atoms with Crippen molar-refractivity contribution < 1.29 is 19.4 Å². The number of esters is 1. The molecule has 5 heteroatoms. The van der Waals surface area contributed by atoms with Crippen molar-refractivity contribution >= 4 is 28.8 Å². The predicted octanol–water partition coefficient (Wildman–Crippen LogP) is 3.36. The quantitative estimate of drug-likeness (QED) is 0.407. The van der Waals surface area contributed by atoms with Crippen LogP contribution in [0, 0.1) is 6.92 Å². The Morgan fingerprint density at radius 3 is 2.52 bits per heavy atom. The summed E-state index contributed by atoms with van der Waals surface area (Å²) in [7, 11) is 1.12. The number of ether oxygens (including phenoxy) is 1. The van der Waals surface area contributed by atoms with Crippen LogP contribution in [0.4, 0.5) is 0 Å². The van der Waals surface area contributed by atoms with Crippen LogP contribution in [-0.2, 0) is 14.3 Å². The van der Waals surface area contributed by atoms with E-state index in [-0.39, 0.29) is 5.76 Å². The highest BCUT2D eigenvalue weighted by molar-refractivity contribution is 7.15. The van der Waals surface area contributed by atoms with Crippen LogP contribution in [0.1, 0.15) is 10.4 Å². The molecule has 0 bridgehead atoms. The number of rotatable bonds is 4. The molecule has 0 unspecified atom stereocenters. The zero-order chi connectivity index (χ0) is 15.4. The number of methoxy groups -OCH3 is 1. The van der Waals surface area contributed by atoms with Gasteiger partial charge in [0.25, 0.3) is 5.78 Å². The summed E-state index contributed by atoms with van der Waals surface area (Å²) in [5, 5.41) is 10.0. The number of aryl methyl sites for hydroxylation is 1. The molecule has 2 rings (SSSR count). The van der Waals surface area contributed by atoms with Crippen LogP contribution in [0.5, 0.6) is 0 Å². The first kappa shape index (κ1) is 15.0. The first-order valence-corrected chi connectivity index (χ1v) is 7.03. The van der Waals surface area contributed by atoms with Crippen molar-refractivity contribution in [2.75, 3.05) is 7.11 Å². The molecule has 4 nitrogen and oxygen atoms in total. The lowest BCUT2D eigenvalue weighted by Gasteiger charge is -1.98. The lowest BCUT2D eigenvalue weighted by Crippen LogP contribution is -2.13. The molecule has 1 N–H and O–H groups in total. The van der Waals surface area contributed by atoms with Gasteiger partial charge in [-0.05, 0) is 18.6 Å². The van der Waals surface area contributed by atoms with E-state index in [0.29, 0.717) is 5.56 Å². The van der Waals surface area contributed by atoms with E-state index in [2.05, 4.69) is 4.74 Å². The number of aliphatic hydroxyl groups is 1. The third kappa shape index (κ3) is 3.38. The third-order valence-electron chi connectivity index (χ3n) is 2.91. The second kappa shape index (κ2) is 6.37. The second-order valence-electron chi connectivity index (χ2n) is 4.33. The summed E-state index contributed by atoms with van der Waals surface area (Å²) in [6, 6.07) is 11.5. The topological polar surface area (TPSA) is 63.6 Å². The van der Waals surface area contributed by atoms with E-state index in [1.54, 1.807) is 6.07 Å². The molecule has 0 atom stereocenters. The molecule has 21 heavy (non-hydrogen) atoms. The van der Waals surface area contributed by atoms with E-state index in [1.165, 1.54) is 11.3 Å². The van der Waals surface area contributed by atoms with Crippen molar-refractivity contribution in [2.24, 2.45) is 0 Å². The van der Waals surface area contributed by atoms with Gasteiger partial charge in [-0.15, -0.1) is 11.3 Å². The Bertz CT molecular complexity index is 698. The maximum absolute atomic E-state index is 11.4. The molecule has 0 saturated heterocycles. The zero-order valence-corrected chi connectivity index (χ0v) is 12.4. The van der Waals surface area contributed by atoms with Crippen LogP contribution in [0.3, 0.4) is 0 Å². The van der Waals surface area contributed by atoms with Crippen LogP contribution >= 0.6 is 11.3 Å². The summed E-state index contributed by atoms with van der Waals surface area (Å²) in [5.74, 6) is -2.12. The average molecular weight is 302 g/mol. The van der Waals surface area contributed by atoms with Gasteiger partial charge >= 0.3 is 5.97 Å². The van der Waals surface area contributed by atoms with Crippen molar-refractivity contribution in [1.82, 2.24) is 0 Å². The summed E-state index contributed by atoms with van der Waals surface area (Å²) >= 11 is 1.51. The Balaban J connectivity index is 2.33. The number of aliphatic hydroxyl groups excluding tert-OH is 1. The number of hydrogen-bond acceptors (Lipinski definition) is 5. The summed E-state index contributed by atoms with van der Waals surface area (Å²) in [6.45, 7) is 1.85. The molecule has 1 heterocycles. The molecule has 0 aliphatic heterocycles. The van der Waals surface area contributed by atoms with Gasteiger partial charge in [0, 0.05) is 21.4 Å². The second-order valence-corrected chi connectivity index (χ2v) is 5.59.